The van der Waals surface area contributed by atoms with Crippen molar-refractivity contribution >= 4 is 34.8 Å². The van der Waals surface area contributed by atoms with Crippen molar-refractivity contribution in [3.05, 3.63) is 107 Å². The second-order valence-electron chi connectivity index (χ2n) is 6.91. The van der Waals surface area contributed by atoms with E-state index in [2.05, 4.69) is 54.6 Å². The summed E-state index contributed by atoms with van der Waals surface area (Å²) in [4.78, 5) is 15.1. The highest BCUT2D eigenvalue weighted by Crippen LogP contribution is 2.45. The van der Waals surface area contributed by atoms with Gasteiger partial charge in [-0.1, -0.05) is 60.3 Å². The van der Waals surface area contributed by atoms with Gasteiger partial charge in [0.2, 0.25) is 0 Å². The number of carbonyl (C=O) groups is 1. The van der Waals surface area contributed by atoms with Crippen molar-refractivity contribution in [3.8, 4) is 5.75 Å². The lowest BCUT2D eigenvalue weighted by atomic mass is 9.89. The number of ether oxygens (including phenoxy) is 1. The first kappa shape index (κ1) is 17.8. The summed E-state index contributed by atoms with van der Waals surface area (Å²) in [5.74, 6) is 0.805. The standard InChI is InChI=1S/C26H18O2S/c1-28-18-11-12-19-17(16-18)10-15-24(27)21(19)14-13-20-22-6-2-4-8-25(22)29-26-9-5-3-7-23(20)26/h2-16H,1H3/b21-14-. The fraction of sp³-hybridized carbons (Fsp3) is 0.0385. The molecule has 1 aliphatic carbocycles. The van der Waals surface area contributed by atoms with Gasteiger partial charge in [0.05, 0.1) is 7.11 Å². The molecule has 5 rings (SSSR count). The zero-order valence-corrected chi connectivity index (χ0v) is 16.7. The van der Waals surface area contributed by atoms with Crippen molar-refractivity contribution in [1.29, 1.82) is 0 Å². The first-order valence-corrected chi connectivity index (χ1v) is 10.3. The first-order chi connectivity index (χ1) is 14.2. The van der Waals surface area contributed by atoms with Crippen LogP contribution in [0.2, 0.25) is 0 Å². The van der Waals surface area contributed by atoms with E-state index < -0.39 is 0 Å². The highest BCUT2D eigenvalue weighted by atomic mass is 32.2. The molecule has 2 aliphatic rings. The second-order valence-corrected chi connectivity index (χ2v) is 7.99. The Hall–Kier alpha value is -3.30. The molecule has 1 heterocycles. The van der Waals surface area contributed by atoms with Crippen molar-refractivity contribution in [2.45, 2.75) is 9.79 Å². The van der Waals surface area contributed by atoms with E-state index in [1.54, 1.807) is 24.9 Å². The van der Waals surface area contributed by atoms with Crippen LogP contribution in [0.3, 0.4) is 0 Å². The Morgan fingerprint density at radius 1 is 0.759 bits per heavy atom. The number of allylic oxidation sites excluding steroid dienone is 4. The van der Waals surface area contributed by atoms with Gasteiger partial charge in [0.25, 0.3) is 0 Å². The van der Waals surface area contributed by atoms with Gasteiger partial charge in [0.1, 0.15) is 5.75 Å². The molecule has 0 saturated heterocycles. The van der Waals surface area contributed by atoms with E-state index in [9.17, 15) is 4.79 Å². The molecule has 0 radical (unpaired) electrons. The Morgan fingerprint density at radius 2 is 1.41 bits per heavy atom. The van der Waals surface area contributed by atoms with Gasteiger partial charge in [0.15, 0.2) is 5.78 Å². The molecular weight excluding hydrogens is 376 g/mol. The quantitative estimate of drug-likeness (QED) is 0.375. The minimum atomic E-state index is 0.0197. The number of carbonyl (C=O) groups excluding carboxylic acids is 1. The molecule has 0 amide bonds. The monoisotopic (exact) mass is 394 g/mol. The van der Waals surface area contributed by atoms with Gasteiger partial charge in [0, 0.05) is 15.4 Å². The van der Waals surface area contributed by atoms with Gasteiger partial charge in [-0.25, -0.2) is 0 Å². The Kier molecular flexibility index (Phi) is 4.45. The van der Waals surface area contributed by atoms with Crippen LogP contribution < -0.4 is 4.74 Å². The third kappa shape index (κ3) is 3.14. The molecule has 3 heteroatoms. The maximum absolute atomic E-state index is 12.7. The molecule has 2 nitrogen and oxygen atoms in total. The second kappa shape index (κ2) is 7.26. The Labute approximate surface area is 174 Å². The lowest BCUT2D eigenvalue weighted by Gasteiger charge is -2.21. The van der Waals surface area contributed by atoms with Crippen molar-refractivity contribution in [2.24, 2.45) is 0 Å². The highest BCUT2D eigenvalue weighted by Gasteiger charge is 2.21. The van der Waals surface area contributed by atoms with Crippen molar-refractivity contribution in [3.63, 3.8) is 0 Å². The minimum Gasteiger partial charge on any atom is -0.497 e. The zero-order chi connectivity index (χ0) is 19.8. The number of benzene rings is 3. The van der Waals surface area contributed by atoms with Crippen LogP contribution in [0.4, 0.5) is 0 Å². The molecule has 1 aliphatic heterocycles. The average molecular weight is 394 g/mol. The van der Waals surface area contributed by atoms with E-state index in [0.717, 1.165) is 22.4 Å². The van der Waals surface area contributed by atoms with Gasteiger partial charge in [-0.2, -0.15) is 0 Å². The third-order valence-corrected chi connectivity index (χ3v) is 6.37. The maximum atomic E-state index is 12.7. The molecule has 0 spiro atoms. The molecule has 0 unspecified atom stereocenters. The summed E-state index contributed by atoms with van der Waals surface area (Å²) in [6, 6.07) is 22.6. The molecule has 0 saturated carbocycles. The molecule has 3 aromatic rings. The lowest BCUT2D eigenvalue weighted by molar-refractivity contribution is -0.109. The SMILES string of the molecule is COc1ccc2c(c1)C=CC(=O)/C2=C\C=C1c2ccccc2Sc2ccccc21. The fourth-order valence-electron chi connectivity index (χ4n) is 3.78. The summed E-state index contributed by atoms with van der Waals surface area (Å²) >= 11 is 1.79. The predicted octanol–water partition coefficient (Wildman–Crippen LogP) is 6.27. The van der Waals surface area contributed by atoms with E-state index in [1.165, 1.54) is 20.9 Å². The van der Waals surface area contributed by atoms with Gasteiger partial charge < -0.3 is 4.74 Å². The molecule has 0 N–H and O–H groups in total. The van der Waals surface area contributed by atoms with Gasteiger partial charge >= 0.3 is 0 Å². The Balaban J connectivity index is 1.66. The molecule has 3 aromatic carbocycles. The Bertz CT molecular complexity index is 1180. The topological polar surface area (TPSA) is 26.3 Å². The maximum Gasteiger partial charge on any atom is 0.186 e. The van der Waals surface area contributed by atoms with E-state index in [4.69, 9.17) is 4.74 Å². The van der Waals surface area contributed by atoms with Crippen molar-refractivity contribution in [2.75, 3.05) is 7.11 Å². The number of ketones is 1. The molecular formula is C26H18O2S. The molecule has 140 valence electrons. The molecule has 0 bridgehead atoms. The van der Waals surface area contributed by atoms with Crippen molar-refractivity contribution < 1.29 is 9.53 Å². The first-order valence-electron chi connectivity index (χ1n) is 9.44. The summed E-state index contributed by atoms with van der Waals surface area (Å²) in [7, 11) is 1.65. The molecule has 29 heavy (non-hydrogen) atoms. The zero-order valence-electron chi connectivity index (χ0n) is 15.9. The van der Waals surface area contributed by atoms with E-state index in [-0.39, 0.29) is 5.78 Å². The lowest BCUT2D eigenvalue weighted by Crippen LogP contribution is -2.05. The van der Waals surface area contributed by atoms with E-state index in [1.807, 2.05) is 30.4 Å². The molecule has 0 atom stereocenters. The van der Waals surface area contributed by atoms with Crippen LogP contribution in [0.25, 0.3) is 17.2 Å². The van der Waals surface area contributed by atoms with Gasteiger partial charge in [-0.3, -0.25) is 4.79 Å². The number of hydrogen-bond donors (Lipinski definition) is 0. The van der Waals surface area contributed by atoms with Crippen LogP contribution in [0.15, 0.2) is 94.7 Å². The summed E-state index contributed by atoms with van der Waals surface area (Å²) in [6.45, 7) is 0. The van der Waals surface area contributed by atoms with Crippen LogP contribution in [0, 0.1) is 0 Å². The van der Waals surface area contributed by atoms with Crippen LogP contribution in [-0.2, 0) is 4.79 Å². The number of rotatable bonds is 2. The summed E-state index contributed by atoms with van der Waals surface area (Å²) in [5.41, 5.74) is 6.16. The highest BCUT2D eigenvalue weighted by molar-refractivity contribution is 7.99. The van der Waals surface area contributed by atoms with E-state index in [0.29, 0.717) is 5.57 Å². The normalized spacial score (nSPS) is 15.6. The number of hydrogen-bond acceptors (Lipinski definition) is 3. The Morgan fingerprint density at radius 3 is 2.10 bits per heavy atom. The molecule has 0 fully saturated rings. The van der Waals surface area contributed by atoms with Gasteiger partial charge in [-0.15, -0.1) is 0 Å². The van der Waals surface area contributed by atoms with E-state index >= 15 is 0 Å². The smallest absolute Gasteiger partial charge is 0.186 e. The number of fused-ring (bicyclic) bond motifs is 3. The fourth-order valence-corrected chi connectivity index (χ4v) is 4.88. The minimum absolute atomic E-state index is 0.0197. The van der Waals surface area contributed by atoms with Crippen LogP contribution >= 0.6 is 11.8 Å². The van der Waals surface area contributed by atoms with Gasteiger partial charge in [-0.05, 0) is 70.3 Å². The predicted molar refractivity (Wildman–Crippen MR) is 119 cm³/mol. The summed E-state index contributed by atoms with van der Waals surface area (Å²) < 4.78 is 5.32. The summed E-state index contributed by atoms with van der Waals surface area (Å²) in [6.07, 6.45) is 7.52. The van der Waals surface area contributed by atoms with Crippen molar-refractivity contribution in [1.82, 2.24) is 0 Å². The molecule has 0 aromatic heterocycles. The number of methoxy groups -OCH3 is 1. The van der Waals surface area contributed by atoms with Crippen LogP contribution in [0.1, 0.15) is 22.3 Å². The van der Waals surface area contributed by atoms with Crippen LogP contribution in [0.5, 0.6) is 5.75 Å². The van der Waals surface area contributed by atoms with Crippen LogP contribution in [-0.4, -0.2) is 12.9 Å². The largest absolute Gasteiger partial charge is 0.497 e. The third-order valence-electron chi connectivity index (χ3n) is 5.22. The summed E-state index contributed by atoms with van der Waals surface area (Å²) in [5, 5.41) is 0. The average Bonchev–Trinajstić information content (AvgIpc) is 2.77.